The number of esters is 1. The third-order valence-corrected chi connectivity index (χ3v) is 4.42. The predicted octanol–water partition coefficient (Wildman–Crippen LogP) is 2.43. The molecule has 1 unspecified atom stereocenters. The van der Waals surface area contributed by atoms with Crippen molar-refractivity contribution in [2.45, 2.75) is 71.0 Å². The molecule has 1 atom stereocenters. The van der Waals surface area contributed by atoms with Gasteiger partial charge in [0.1, 0.15) is 5.54 Å². The third kappa shape index (κ3) is 4.74. The van der Waals surface area contributed by atoms with Crippen LogP contribution in [-0.2, 0) is 9.53 Å². The summed E-state index contributed by atoms with van der Waals surface area (Å²) in [5, 5.41) is 3.37. The summed E-state index contributed by atoms with van der Waals surface area (Å²) in [5.74, 6) is 0.669. The molecule has 20 heavy (non-hydrogen) atoms. The highest BCUT2D eigenvalue weighted by Gasteiger charge is 2.37. The maximum atomic E-state index is 12.1. The van der Waals surface area contributed by atoms with Gasteiger partial charge < -0.3 is 9.64 Å². The van der Waals surface area contributed by atoms with E-state index in [0.29, 0.717) is 12.6 Å². The van der Waals surface area contributed by atoms with Gasteiger partial charge in [-0.2, -0.15) is 0 Å². The van der Waals surface area contributed by atoms with E-state index in [9.17, 15) is 4.79 Å². The zero-order valence-electron chi connectivity index (χ0n) is 14.0. The van der Waals surface area contributed by atoms with E-state index < -0.39 is 5.54 Å². The number of hydrogen-bond donors (Lipinski definition) is 1. The number of nitrogens with one attached hydrogen (secondary N) is 1. The summed E-state index contributed by atoms with van der Waals surface area (Å²) in [6.07, 6.45) is 5.05. The second-order valence-electron chi connectivity index (χ2n) is 6.95. The number of hydrogen-bond acceptors (Lipinski definition) is 4. The van der Waals surface area contributed by atoms with Crippen molar-refractivity contribution in [1.82, 2.24) is 10.2 Å². The summed E-state index contributed by atoms with van der Waals surface area (Å²) >= 11 is 0. The van der Waals surface area contributed by atoms with Crippen LogP contribution in [-0.4, -0.2) is 49.2 Å². The molecule has 1 aliphatic rings. The summed E-state index contributed by atoms with van der Waals surface area (Å²) < 4.78 is 4.99. The van der Waals surface area contributed by atoms with Gasteiger partial charge in [0.05, 0.1) is 7.11 Å². The van der Waals surface area contributed by atoms with Gasteiger partial charge in [0.15, 0.2) is 0 Å². The van der Waals surface area contributed by atoms with Gasteiger partial charge in [-0.1, -0.05) is 6.92 Å². The van der Waals surface area contributed by atoms with Gasteiger partial charge in [0, 0.05) is 18.6 Å². The van der Waals surface area contributed by atoms with Crippen LogP contribution < -0.4 is 5.32 Å². The number of likely N-dealkylation sites (N-methyl/N-ethyl adjacent to an activating group) is 1. The Labute approximate surface area is 124 Å². The number of carbonyl (C=O) groups is 1. The molecule has 0 radical (unpaired) electrons. The number of methoxy groups -OCH3 is 1. The Morgan fingerprint density at radius 2 is 1.90 bits per heavy atom. The molecule has 118 valence electrons. The van der Waals surface area contributed by atoms with Gasteiger partial charge in [-0.05, 0) is 59.4 Å². The lowest BCUT2D eigenvalue weighted by Crippen LogP contribution is -2.60. The van der Waals surface area contributed by atoms with E-state index in [-0.39, 0.29) is 12.0 Å². The van der Waals surface area contributed by atoms with Gasteiger partial charge >= 0.3 is 5.97 Å². The van der Waals surface area contributed by atoms with Crippen LogP contribution in [0.25, 0.3) is 0 Å². The summed E-state index contributed by atoms with van der Waals surface area (Å²) in [4.78, 5) is 14.5. The molecule has 0 spiro atoms. The number of ether oxygens (including phenoxy) is 1. The average Bonchev–Trinajstić information content (AvgIpc) is 2.37. The van der Waals surface area contributed by atoms with Crippen LogP contribution in [0, 0.1) is 5.92 Å². The highest BCUT2D eigenvalue weighted by Crippen LogP contribution is 2.27. The molecular formula is C16H32N2O2. The summed E-state index contributed by atoms with van der Waals surface area (Å²) in [6, 6.07) is 0.836. The molecule has 0 aromatic heterocycles. The van der Waals surface area contributed by atoms with Crippen molar-refractivity contribution in [2.75, 3.05) is 20.7 Å². The van der Waals surface area contributed by atoms with Crippen LogP contribution in [0.3, 0.4) is 0 Å². The Morgan fingerprint density at radius 3 is 2.35 bits per heavy atom. The standard InChI is InChI=1S/C16H32N2O2/c1-12(2)17-16(4,15(19)20-6)11-18(5)14-9-7-13(3)8-10-14/h12-14,17H,7-11H2,1-6H3. The van der Waals surface area contributed by atoms with Crippen LogP contribution in [0.4, 0.5) is 0 Å². The lowest BCUT2D eigenvalue weighted by molar-refractivity contribution is -0.149. The van der Waals surface area contributed by atoms with Gasteiger partial charge in [-0.15, -0.1) is 0 Å². The highest BCUT2D eigenvalue weighted by molar-refractivity contribution is 5.80. The fourth-order valence-electron chi connectivity index (χ4n) is 3.34. The minimum absolute atomic E-state index is 0.178. The molecular weight excluding hydrogens is 252 g/mol. The predicted molar refractivity (Wildman–Crippen MR) is 82.7 cm³/mol. The molecule has 1 rings (SSSR count). The largest absolute Gasteiger partial charge is 0.468 e. The quantitative estimate of drug-likeness (QED) is 0.761. The second kappa shape index (κ2) is 7.41. The maximum Gasteiger partial charge on any atom is 0.327 e. The van der Waals surface area contributed by atoms with Gasteiger partial charge in [0.25, 0.3) is 0 Å². The molecule has 0 amide bonds. The molecule has 0 aliphatic heterocycles. The lowest BCUT2D eigenvalue weighted by atomic mass is 9.86. The number of rotatable bonds is 6. The molecule has 0 heterocycles. The van der Waals surface area contributed by atoms with Crippen molar-refractivity contribution in [3.05, 3.63) is 0 Å². The van der Waals surface area contributed by atoms with E-state index in [0.717, 1.165) is 5.92 Å². The van der Waals surface area contributed by atoms with Crippen molar-refractivity contribution < 1.29 is 9.53 Å². The summed E-state index contributed by atoms with van der Waals surface area (Å²) in [7, 11) is 3.59. The van der Waals surface area contributed by atoms with Crippen molar-refractivity contribution in [3.63, 3.8) is 0 Å². The first kappa shape index (κ1) is 17.4. The molecule has 4 nitrogen and oxygen atoms in total. The second-order valence-corrected chi connectivity index (χ2v) is 6.95. The van der Waals surface area contributed by atoms with Crippen molar-refractivity contribution in [2.24, 2.45) is 5.92 Å². The monoisotopic (exact) mass is 284 g/mol. The molecule has 0 saturated heterocycles. The fraction of sp³-hybridized carbons (Fsp3) is 0.938. The topological polar surface area (TPSA) is 41.6 Å². The zero-order chi connectivity index (χ0) is 15.3. The van der Waals surface area contributed by atoms with Gasteiger partial charge in [-0.3, -0.25) is 10.1 Å². The van der Waals surface area contributed by atoms with Crippen LogP contribution >= 0.6 is 0 Å². The SMILES string of the molecule is COC(=O)C(C)(CN(C)C1CCC(C)CC1)NC(C)C. The summed E-state index contributed by atoms with van der Waals surface area (Å²) in [6.45, 7) is 9.08. The highest BCUT2D eigenvalue weighted by atomic mass is 16.5. The molecule has 0 aromatic rings. The van der Waals surface area contributed by atoms with E-state index in [2.05, 4.69) is 38.0 Å². The summed E-state index contributed by atoms with van der Waals surface area (Å²) in [5.41, 5.74) is -0.638. The average molecular weight is 284 g/mol. The van der Waals surface area contributed by atoms with Crippen molar-refractivity contribution >= 4 is 5.97 Å². The van der Waals surface area contributed by atoms with Gasteiger partial charge in [0.2, 0.25) is 0 Å². The molecule has 1 fully saturated rings. The Hall–Kier alpha value is -0.610. The molecule has 4 heteroatoms. The lowest BCUT2D eigenvalue weighted by Gasteiger charge is -2.39. The first-order valence-corrected chi connectivity index (χ1v) is 7.85. The number of carbonyl (C=O) groups excluding carboxylic acids is 1. The normalized spacial score (nSPS) is 26.6. The van der Waals surface area contributed by atoms with Crippen molar-refractivity contribution in [3.8, 4) is 0 Å². The third-order valence-electron chi connectivity index (χ3n) is 4.42. The molecule has 1 saturated carbocycles. The minimum atomic E-state index is -0.638. The van der Waals surface area contributed by atoms with Gasteiger partial charge in [-0.25, -0.2) is 0 Å². The maximum absolute atomic E-state index is 12.1. The minimum Gasteiger partial charge on any atom is -0.468 e. The first-order chi connectivity index (χ1) is 9.28. The zero-order valence-corrected chi connectivity index (χ0v) is 14.0. The van der Waals surface area contributed by atoms with Crippen LogP contribution in [0.1, 0.15) is 53.4 Å². The molecule has 1 N–H and O–H groups in total. The van der Waals surface area contributed by atoms with E-state index in [1.54, 1.807) is 0 Å². The first-order valence-electron chi connectivity index (χ1n) is 7.85. The van der Waals surface area contributed by atoms with E-state index in [1.165, 1.54) is 32.8 Å². The molecule has 0 bridgehead atoms. The van der Waals surface area contributed by atoms with Crippen LogP contribution in [0.5, 0.6) is 0 Å². The smallest absolute Gasteiger partial charge is 0.327 e. The Bertz CT molecular complexity index is 312. The van der Waals surface area contributed by atoms with Crippen molar-refractivity contribution in [1.29, 1.82) is 0 Å². The van der Waals surface area contributed by atoms with E-state index in [1.807, 2.05) is 6.92 Å². The van der Waals surface area contributed by atoms with E-state index >= 15 is 0 Å². The fourth-order valence-corrected chi connectivity index (χ4v) is 3.34. The Morgan fingerprint density at radius 1 is 1.35 bits per heavy atom. The molecule has 0 aromatic carbocycles. The Balaban J connectivity index is 2.66. The van der Waals surface area contributed by atoms with E-state index in [4.69, 9.17) is 4.74 Å². The van der Waals surface area contributed by atoms with Crippen LogP contribution in [0.2, 0.25) is 0 Å². The molecule has 1 aliphatic carbocycles. The van der Waals surface area contributed by atoms with Crippen LogP contribution in [0.15, 0.2) is 0 Å². The Kier molecular flexibility index (Phi) is 6.46. The number of nitrogens with zero attached hydrogens (tertiary/aromatic N) is 1.